The Kier molecular flexibility index (Phi) is 6.12. The number of hydrogen-bond donors (Lipinski definition) is 0. The van der Waals surface area contributed by atoms with Gasteiger partial charge in [0.15, 0.2) is 0 Å². The Morgan fingerprint density at radius 3 is 1.91 bits per heavy atom. The third kappa shape index (κ3) is 6.74. The van der Waals surface area contributed by atoms with E-state index in [1.54, 1.807) is 0 Å². The highest BCUT2D eigenvalue weighted by Crippen LogP contribution is 2.24. The SMILES string of the molecule is CCC(C)SC(C)CC(C)C. The molecular weight excluding hydrogens is 152 g/mol. The van der Waals surface area contributed by atoms with Crippen LogP contribution in [0, 0.1) is 5.92 Å². The maximum absolute atomic E-state index is 2.34. The molecule has 0 saturated carbocycles. The lowest BCUT2D eigenvalue weighted by Gasteiger charge is -2.17. The maximum atomic E-state index is 2.34. The van der Waals surface area contributed by atoms with Gasteiger partial charge < -0.3 is 0 Å². The molecule has 0 amide bonds. The van der Waals surface area contributed by atoms with E-state index < -0.39 is 0 Å². The van der Waals surface area contributed by atoms with Crippen molar-refractivity contribution < 1.29 is 0 Å². The average molecular weight is 174 g/mol. The molecule has 0 fully saturated rings. The molecule has 0 aromatic rings. The molecule has 0 aromatic carbocycles. The number of thioether (sulfide) groups is 1. The zero-order valence-corrected chi connectivity index (χ0v) is 9.37. The molecule has 11 heavy (non-hydrogen) atoms. The Balaban J connectivity index is 3.43. The maximum Gasteiger partial charge on any atom is 0.00238 e. The standard InChI is InChI=1S/C10H22S/c1-6-9(4)11-10(5)7-8(2)3/h8-10H,6-7H2,1-5H3. The van der Waals surface area contributed by atoms with Crippen molar-refractivity contribution in [3.05, 3.63) is 0 Å². The van der Waals surface area contributed by atoms with E-state index in [-0.39, 0.29) is 0 Å². The highest BCUT2D eigenvalue weighted by Gasteiger charge is 2.08. The second-order valence-corrected chi connectivity index (χ2v) is 5.68. The molecule has 0 aromatic heterocycles. The van der Waals surface area contributed by atoms with Crippen LogP contribution < -0.4 is 0 Å². The first-order chi connectivity index (χ1) is 5.06. The highest BCUT2D eigenvalue weighted by molar-refractivity contribution is 8.00. The third-order valence-electron chi connectivity index (χ3n) is 1.84. The van der Waals surface area contributed by atoms with Gasteiger partial charge in [0.05, 0.1) is 0 Å². The molecule has 0 bridgehead atoms. The van der Waals surface area contributed by atoms with Crippen LogP contribution in [0.2, 0.25) is 0 Å². The first-order valence-corrected chi connectivity index (χ1v) is 5.66. The smallest absolute Gasteiger partial charge is 0.00238 e. The molecule has 0 aliphatic rings. The van der Waals surface area contributed by atoms with Crippen LogP contribution in [0.3, 0.4) is 0 Å². The zero-order valence-electron chi connectivity index (χ0n) is 8.55. The van der Waals surface area contributed by atoms with E-state index in [0.29, 0.717) is 0 Å². The molecule has 1 heteroatoms. The fraction of sp³-hybridized carbons (Fsp3) is 1.00. The molecule has 68 valence electrons. The topological polar surface area (TPSA) is 0 Å². The third-order valence-corrected chi connectivity index (χ3v) is 3.30. The zero-order chi connectivity index (χ0) is 8.85. The summed E-state index contributed by atoms with van der Waals surface area (Å²) >= 11 is 2.13. The Morgan fingerprint density at radius 2 is 1.55 bits per heavy atom. The fourth-order valence-electron chi connectivity index (χ4n) is 1.21. The molecular formula is C10H22S. The quantitative estimate of drug-likeness (QED) is 0.608. The van der Waals surface area contributed by atoms with Gasteiger partial charge in [-0.05, 0) is 18.8 Å². The fourth-order valence-corrected chi connectivity index (χ4v) is 2.69. The molecule has 0 N–H and O–H groups in total. The molecule has 0 nitrogen and oxygen atoms in total. The van der Waals surface area contributed by atoms with E-state index in [1.165, 1.54) is 12.8 Å². The summed E-state index contributed by atoms with van der Waals surface area (Å²) in [4.78, 5) is 0. The first-order valence-electron chi connectivity index (χ1n) is 4.71. The summed E-state index contributed by atoms with van der Waals surface area (Å²) in [6.45, 7) is 11.5. The van der Waals surface area contributed by atoms with Crippen LogP contribution in [0.15, 0.2) is 0 Å². The normalized spacial score (nSPS) is 16.9. The van der Waals surface area contributed by atoms with Gasteiger partial charge in [-0.15, -0.1) is 0 Å². The van der Waals surface area contributed by atoms with Crippen LogP contribution in [0.4, 0.5) is 0 Å². The van der Waals surface area contributed by atoms with Crippen molar-refractivity contribution in [2.24, 2.45) is 5.92 Å². The van der Waals surface area contributed by atoms with Gasteiger partial charge in [0.1, 0.15) is 0 Å². The van der Waals surface area contributed by atoms with Gasteiger partial charge in [0.25, 0.3) is 0 Å². The molecule has 2 unspecified atom stereocenters. The summed E-state index contributed by atoms with van der Waals surface area (Å²) in [7, 11) is 0. The summed E-state index contributed by atoms with van der Waals surface area (Å²) in [6.07, 6.45) is 2.65. The van der Waals surface area contributed by atoms with Crippen LogP contribution in [0.25, 0.3) is 0 Å². The summed E-state index contributed by atoms with van der Waals surface area (Å²) in [6, 6.07) is 0. The molecule has 0 rings (SSSR count). The highest BCUT2D eigenvalue weighted by atomic mass is 32.2. The van der Waals surface area contributed by atoms with Crippen LogP contribution in [0.1, 0.15) is 47.5 Å². The minimum atomic E-state index is 0.837. The van der Waals surface area contributed by atoms with Crippen molar-refractivity contribution in [2.75, 3.05) is 0 Å². The van der Waals surface area contributed by atoms with E-state index in [1.807, 2.05) is 0 Å². The van der Waals surface area contributed by atoms with Gasteiger partial charge in [-0.3, -0.25) is 0 Å². The van der Waals surface area contributed by atoms with E-state index in [9.17, 15) is 0 Å². The van der Waals surface area contributed by atoms with E-state index >= 15 is 0 Å². The van der Waals surface area contributed by atoms with Crippen molar-refractivity contribution in [1.82, 2.24) is 0 Å². The summed E-state index contributed by atoms with van der Waals surface area (Å²) < 4.78 is 0. The van der Waals surface area contributed by atoms with Gasteiger partial charge in [-0.25, -0.2) is 0 Å². The van der Waals surface area contributed by atoms with Crippen molar-refractivity contribution in [3.8, 4) is 0 Å². The van der Waals surface area contributed by atoms with E-state index in [2.05, 4.69) is 46.4 Å². The lowest BCUT2D eigenvalue weighted by molar-refractivity contribution is 0.583. The molecule has 2 atom stereocenters. The predicted octanol–water partition coefficient (Wildman–Crippen LogP) is 3.95. The minimum Gasteiger partial charge on any atom is -0.156 e. The Labute approximate surface area is 76.1 Å². The lowest BCUT2D eigenvalue weighted by Crippen LogP contribution is -2.06. The van der Waals surface area contributed by atoms with Gasteiger partial charge in [0.2, 0.25) is 0 Å². The summed E-state index contributed by atoms with van der Waals surface area (Å²) in [5.74, 6) is 0.849. The van der Waals surface area contributed by atoms with Crippen LogP contribution >= 0.6 is 11.8 Å². The molecule has 0 heterocycles. The van der Waals surface area contributed by atoms with Gasteiger partial charge in [-0.2, -0.15) is 11.8 Å². The molecule has 0 aliphatic heterocycles. The van der Waals surface area contributed by atoms with Crippen molar-refractivity contribution in [2.45, 2.75) is 58.0 Å². The second kappa shape index (κ2) is 5.93. The lowest BCUT2D eigenvalue weighted by atomic mass is 10.1. The van der Waals surface area contributed by atoms with Gasteiger partial charge >= 0.3 is 0 Å². The van der Waals surface area contributed by atoms with Crippen molar-refractivity contribution >= 4 is 11.8 Å². The molecule has 0 radical (unpaired) electrons. The van der Waals surface area contributed by atoms with Crippen molar-refractivity contribution in [3.63, 3.8) is 0 Å². The first kappa shape index (κ1) is 11.4. The van der Waals surface area contributed by atoms with Gasteiger partial charge in [0, 0.05) is 10.5 Å². The summed E-state index contributed by atoms with van der Waals surface area (Å²) in [5.41, 5.74) is 0. The molecule has 0 spiro atoms. The van der Waals surface area contributed by atoms with E-state index in [4.69, 9.17) is 0 Å². The predicted molar refractivity (Wildman–Crippen MR) is 56.3 cm³/mol. The van der Waals surface area contributed by atoms with Crippen molar-refractivity contribution in [1.29, 1.82) is 0 Å². The van der Waals surface area contributed by atoms with E-state index in [0.717, 1.165) is 16.4 Å². The Hall–Kier alpha value is 0.350. The molecule has 0 saturated heterocycles. The Bertz CT molecular complexity index is 88.9. The molecule has 0 aliphatic carbocycles. The minimum absolute atomic E-state index is 0.837. The number of hydrogen-bond acceptors (Lipinski definition) is 1. The second-order valence-electron chi connectivity index (χ2n) is 3.80. The monoisotopic (exact) mass is 174 g/mol. The number of rotatable bonds is 5. The van der Waals surface area contributed by atoms with Gasteiger partial charge in [-0.1, -0.05) is 34.6 Å². The summed E-state index contributed by atoms with van der Waals surface area (Å²) in [5, 5.41) is 1.67. The average Bonchev–Trinajstić information content (AvgIpc) is 1.85. The van der Waals surface area contributed by atoms with Crippen LogP contribution in [-0.4, -0.2) is 10.5 Å². The van der Waals surface area contributed by atoms with Crippen LogP contribution in [-0.2, 0) is 0 Å². The Morgan fingerprint density at radius 1 is 1.00 bits per heavy atom. The van der Waals surface area contributed by atoms with Crippen LogP contribution in [0.5, 0.6) is 0 Å². The largest absolute Gasteiger partial charge is 0.156 e.